The Kier molecular flexibility index (Phi) is 8.13. The van der Waals surface area contributed by atoms with Crippen molar-refractivity contribution >= 4 is 17.4 Å². The van der Waals surface area contributed by atoms with Crippen molar-refractivity contribution < 1.29 is 28.9 Å². The first-order valence-corrected chi connectivity index (χ1v) is 12.3. The van der Waals surface area contributed by atoms with E-state index in [1.165, 1.54) is 12.0 Å². The molecule has 1 saturated heterocycles. The Bertz CT molecular complexity index is 1300. The number of rotatable bonds is 10. The van der Waals surface area contributed by atoms with Gasteiger partial charge in [0.25, 0.3) is 11.7 Å². The predicted molar refractivity (Wildman–Crippen MR) is 141 cm³/mol. The molecule has 0 bridgehead atoms. The van der Waals surface area contributed by atoms with E-state index >= 15 is 0 Å². The molecule has 1 aliphatic heterocycles. The van der Waals surface area contributed by atoms with Gasteiger partial charge in [-0.2, -0.15) is 0 Å². The summed E-state index contributed by atoms with van der Waals surface area (Å²) in [5, 5.41) is 11.4. The summed E-state index contributed by atoms with van der Waals surface area (Å²) in [6.45, 7) is 5.06. The van der Waals surface area contributed by atoms with Crippen molar-refractivity contribution in [1.29, 1.82) is 0 Å². The van der Waals surface area contributed by atoms with Gasteiger partial charge in [0.2, 0.25) is 0 Å². The summed E-state index contributed by atoms with van der Waals surface area (Å²) in [6.07, 6.45) is 0.834. The molecule has 1 fully saturated rings. The number of benzene rings is 3. The van der Waals surface area contributed by atoms with Gasteiger partial charge >= 0.3 is 0 Å². The summed E-state index contributed by atoms with van der Waals surface area (Å²) >= 11 is 0. The van der Waals surface area contributed by atoms with E-state index in [2.05, 4.69) is 0 Å². The number of Topliss-reactive ketones (excluding diaryl/α,β-unsaturated/α-hetero) is 1. The molecule has 1 aliphatic rings. The Hall–Kier alpha value is -4.26. The number of likely N-dealkylation sites (tertiary alicyclic amines) is 1. The predicted octanol–water partition coefficient (Wildman–Crippen LogP) is 5.50. The second-order valence-corrected chi connectivity index (χ2v) is 8.63. The maximum absolute atomic E-state index is 13.4. The second-order valence-electron chi connectivity index (χ2n) is 8.63. The first-order valence-electron chi connectivity index (χ1n) is 12.3. The fourth-order valence-electron chi connectivity index (χ4n) is 4.41. The van der Waals surface area contributed by atoms with Crippen molar-refractivity contribution in [3.8, 4) is 17.2 Å². The average molecular weight is 502 g/mol. The zero-order valence-electron chi connectivity index (χ0n) is 21.3. The molecule has 7 nitrogen and oxygen atoms in total. The van der Waals surface area contributed by atoms with Crippen LogP contribution in [0.2, 0.25) is 0 Å². The van der Waals surface area contributed by atoms with Crippen molar-refractivity contribution in [2.24, 2.45) is 0 Å². The minimum Gasteiger partial charge on any atom is -0.507 e. The monoisotopic (exact) mass is 501 g/mol. The number of hydrogen-bond donors (Lipinski definition) is 1. The van der Waals surface area contributed by atoms with E-state index in [1.807, 2.05) is 44.2 Å². The fourth-order valence-corrected chi connectivity index (χ4v) is 4.41. The summed E-state index contributed by atoms with van der Waals surface area (Å²) in [7, 11) is 1.53. The average Bonchev–Trinajstić information content (AvgIpc) is 3.17. The molecule has 3 aromatic carbocycles. The van der Waals surface area contributed by atoms with Gasteiger partial charge in [-0.15, -0.1) is 0 Å². The molecule has 192 valence electrons. The molecule has 3 aromatic rings. The van der Waals surface area contributed by atoms with Crippen LogP contribution < -0.4 is 14.2 Å². The lowest BCUT2D eigenvalue weighted by molar-refractivity contribution is -0.140. The quantitative estimate of drug-likeness (QED) is 0.224. The van der Waals surface area contributed by atoms with Crippen LogP contribution in [0.4, 0.5) is 0 Å². The van der Waals surface area contributed by atoms with Crippen LogP contribution in [0.15, 0.2) is 78.4 Å². The molecule has 1 unspecified atom stereocenters. The molecule has 0 saturated carbocycles. The standard InChI is InChI=1S/C30H31NO6/c1-4-16-37-23-13-9-12-22(17-23)28(32)26-27(21-14-15-24(36-5-2)25(18-21)35-3)31(30(34)29(26)33)19-20-10-7-6-8-11-20/h6-15,17-18,27,32H,4-5,16,19H2,1-3H3/b28-26+. The number of amides is 1. The van der Waals surface area contributed by atoms with Gasteiger partial charge in [0, 0.05) is 12.1 Å². The van der Waals surface area contributed by atoms with Crippen molar-refractivity contribution in [1.82, 2.24) is 4.90 Å². The van der Waals surface area contributed by atoms with E-state index in [0.717, 1.165) is 12.0 Å². The molecule has 1 atom stereocenters. The van der Waals surface area contributed by atoms with Crippen molar-refractivity contribution in [3.63, 3.8) is 0 Å². The molecule has 1 heterocycles. The topological polar surface area (TPSA) is 85.3 Å². The lowest BCUT2D eigenvalue weighted by Gasteiger charge is -2.26. The Morgan fingerprint density at radius 3 is 2.41 bits per heavy atom. The molecule has 4 rings (SSSR count). The third-order valence-corrected chi connectivity index (χ3v) is 6.12. The van der Waals surface area contributed by atoms with Crippen LogP contribution in [-0.4, -0.2) is 42.0 Å². The first-order chi connectivity index (χ1) is 18.0. The molecule has 0 spiro atoms. The van der Waals surface area contributed by atoms with Crippen LogP contribution in [0.5, 0.6) is 17.2 Å². The van der Waals surface area contributed by atoms with Gasteiger partial charge in [-0.1, -0.05) is 55.5 Å². The summed E-state index contributed by atoms with van der Waals surface area (Å²) in [5.41, 5.74) is 1.90. The lowest BCUT2D eigenvalue weighted by Crippen LogP contribution is -2.29. The maximum atomic E-state index is 13.4. The minimum absolute atomic E-state index is 0.0137. The number of ketones is 1. The number of nitrogens with zero attached hydrogens (tertiary/aromatic N) is 1. The van der Waals surface area contributed by atoms with Crippen LogP contribution in [0, 0.1) is 0 Å². The maximum Gasteiger partial charge on any atom is 0.295 e. The zero-order chi connectivity index (χ0) is 26.4. The highest BCUT2D eigenvalue weighted by Crippen LogP contribution is 2.43. The molecule has 7 heteroatoms. The number of carbonyl (C=O) groups is 2. The highest BCUT2D eigenvalue weighted by atomic mass is 16.5. The van der Waals surface area contributed by atoms with E-state index < -0.39 is 17.7 Å². The van der Waals surface area contributed by atoms with Crippen LogP contribution >= 0.6 is 0 Å². The van der Waals surface area contributed by atoms with Crippen molar-refractivity contribution in [3.05, 3.63) is 95.1 Å². The van der Waals surface area contributed by atoms with Crippen LogP contribution in [0.25, 0.3) is 5.76 Å². The molecule has 0 aliphatic carbocycles. The van der Waals surface area contributed by atoms with Crippen molar-refractivity contribution in [2.75, 3.05) is 20.3 Å². The van der Waals surface area contributed by atoms with Gasteiger partial charge < -0.3 is 24.2 Å². The van der Waals surface area contributed by atoms with Gasteiger partial charge in [0.15, 0.2) is 11.5 Å². The lowest BCUT2D eigenvalue weighted by atomic mass is 9.94. The number of carbonyl (C=O) groups excluding carboxylic acids is 2. The van der Waals surface area contributed by atoms with Gasteiger partial charge in [-0.05, 0) is 48.7 Å². The molecule has 0 radical (unpaired) electrons. The normalized spacial score (nSPS) is 16.6. The van der Waals surface area contributed by atoms with Crippen LogP contribution in [0.3, 0.4) is 0 Å². The van der Waals surface area contributed by atoms with Crippen molar-refractivity contribution in [2.45, 2.75) is 32.9 Å². The van der Waals surface area contributed by atoms with Gasteiger partial charge in [0.05, 0.1) is 31.9 Å². The number of aliphatic hydroxyl groups excluding tert-OH is 1. The fraction of sp³-hybridized carbons (Fsp3) is 0.267. The second kappa shape index (κ2) is 11.6. The molecular weight excluding hydrogens is 470 g/mol. The Morgan fingerprint density at radius 1 is 0.919 bits per heavy atom. The Morgan fingerprint density at radius 2 is 1.70 bits per heavy atom. The first kappa shape index (κ1) is 25.8. The smallest absolute Gasteiger partial charge is 0.295 e. The largest absolute Gasteiger partial charge is 0.507 e. The molecular formula is C30H31NO6. The van der Waals surface area contributed by atoms with E-state index in [0.29, 0.717) is 41.6 Å². The third-order valence-electron chi connectivity index (χ3n) is 6.12. The highest BCUT2D eigenvalue weighted by Gasteiger charge is 2.46. The summed E-state index contributed by atoms with van der Waals surface area (Å²) < 4.78 is 16.9. The van der Waals surface area contributed by atoms with E-state index in [9.17, 15) is 14.7 Å². The highest BCUT2D eigenvalue weighted by molar-refractivity contribution is 6.46. The number of methoxy groups -OCH3 is 1. The summed E-state index contributed by atoms with van der Waals surface area (Å²) in [6, 6.07) is 20.8. The van der Waals surface area contributed by atoms with Crippen LogP contribution in [-0.2, 0) is 16.1 Å². The third kappa shape index (κ3) is 5.45. The van der Waals surface area contributed by atoms with Gasteiger partial charge in [-0.3, -0.25) is 9.59 Å². The summed E-state index contributed by atoms with van der Waals surface area (Å²) in [4.78, 5) is 28.2. The van der Waals surface area contributed by atoms with E-state index in [-0.39, 0.29) is 17.9 Å². The summed E-state index contributed by atoms with van der Waals surface area (Å²) in [5.74, 6) is -0.0839. The van der Waals surface area contributed by atoms with E-state index in [1.54, 1.807) is 42.5 Å². The van der Waals surface area contributed by atoms with Crippen LogP contribution in [0.1, 0.15) is 43.0 Å². The molecule has 1 N–H and O–H groups in total. The minimum atomic E-state index is -0.829. The Labute approximate surface area is 216 Å². The number of ether oxygens (including phenoxy) is 3. The van der Waals surface area contributed by atoms with Gasteiger partial charge in [-0.25, -0.2) is 0 Å². The van der Waals surface area contributed by atoms with E-state index in [4.69, 9.17) is 14.2 Å². The number of aliphatic hydroxyl groups is 1. The van der Waals surface area contributed by atoms with Gasteiger partial charge in [0.1, 0.15) is 11.5 Å². The SMILES string of the molecule is CCCOc1cccc(/C(O)=C2\C(=O)C(=O)N(Cc3ccccc3)C2c2ccc(OCC)c(OC)c2)c1. The zero-order valence-corrected chi connectivity index (χ0v) is 21.3. The molecule has 1 amide bonds. The number of hydrogen-bond acceptors (Lipinski definition) is 6. The molecule has 37 heavy (non-hydrogen) atoms. The Balaban J connectivity index is 1.85. The molecule has 0 aromatic heterocycles.